The van der Waals surface area contributed by atoms with Gasteiger partial charge >= 0.3 is 5.97 Å². The largest absolute Gasteiger partial charge is 0.478 e. The summed E-state index contributed by atoms with van der Waals surface area (Å²) in [7, 11) is 3.92. The van der Waals surface area contributed by atoms with E-state index in [4.69, 9.17) is 5.11 Å². The van der Waals surface area contributed by atoms with Gasteiger partial charge in [-0.25, -0.2) is 4.79 Å². The van der Waals surface area contributed by atoms with E-state index in [9.17, 15) is 9.59 Å². The number of carboxylic acids is 1. The second-order valence-electron chi connectivity index (χ2n) is 5.01. The smallest absolute Gasteiger partial charge is 0.335 e. The Bertz CT molecular complexity index is 484. The predicted molar refractivity (Wildman–Crippen MR) is 89.0 cm³/mol. The highest BCUT2D eigenvalue weighted by Gasteiger charge is 2.15. The number of nitrogens with one attached hydrogen (secondary N) is 1. The normalized spacial score (nSPS) is 17.6. The van der Waals surface area contributed by atoms with Crippen LogP contribution in [0, 0.1) is 0 Å². The molecule has 1 saturated heterocycles. The lowest BCUT2D eigenvalue weighted by Crippen LogP contribution is -2.11. The average Bonchev–Trinajstić information content (AvgIpc) is 2.97. The van der Waals surface area contributed by atoms with Crippen LogP contribution in [0.3, 0.4) is 0 Å². The van der Waals surface area contributed by atoms with Crippen LogP contribution in [-0.2, 0) is 4.79 Å². The summed E-state index contributed by atoms with van der Waals surface area (Å²) >= 11 is 0. The lowest BCUT2D eigenvalue weighted by Gasteiger charge is -2.07. The van der Waals surface area contributed by atoms with Crippen molar-refractivity contribution in [1.29, 1.82) is 0 Å². The zero-order valence-electron chi connectivity index (χ0n) is 11.7. The number of anilines is 1. The number of carbonyl (C=O) groups excluding carboxylic acids is 1. The lowest BCUT2D eigenvalue weighted by atomic mass is 10.1. The van der Waals surface area contributed by atoms with Gasteiger partial charge in [0.15, 0.2) is 0 Å². The van der Waals surface area contributed by atoms with Crippen LogP contribution in [0.15, 0.2) is 24.3 Å². The van der Waals surface area contributed by atoms with Crippen molar-refractivity contribution in [2.75, 3.05) is 11.1 Å². The van der Waals surface area contributed by atoms with E-state index in [1.165, 1.54) is 30.7 Å². The maximum absolute atomic E-state index is 11.8. The molecule has 0 aliphatic carbocycles. The SMILES string of the molecule is O=C(CCCC[C@@H]1CCSS1)Nc1ccc(C(=O)O)cc1. The number of aromatic carboxylic acids is 1. The van der Waals surface area contributed by atoms with E-state index in [-0.39, 0.29) is 11.5 Å². The van der Waals surface area contributed by atoms with Crippen LogP contribution in [0.4, 0.5) is 5.69 Å². The van der Waals surface area contributed by atoms with Gasteiger partial charge in [-0.2, -0.15) is 0 Å². The van der Waals surface area contributed by atoms with Crippen molar-refractivity contribution in [1.82, 2.24) is 0 Å². The standard InChI is InChI=1S/C15H19NO3S2/c17-14(4-2-1-3-13-9-10-20-21-13)16-12-7-5-11(6-8-12)15(18)19/h5-8,13H,1-4,9-10H2,(H,16,17)(H,18,19)/t13-/m1/s1. The monoisotopic (exact) mass is 325 g/mol. The first-order chi connectivity index (χ1) is 10.1. The molecule has 114 valence electrons. The fourth-order valence-electron chi connectivity index (χ4n) is 2.14. The van der Waals surface area contributed by atoms with Crippen molar-refractivity contribution in [3.8, 4) is 0 Å². The summed E-state index contributed by atoms with van der Waals surface area (Å²) in [6, 6.07) is 6.22. The first-order valence-electron chi connectivity index (χ1n) is 7.06. The lowest BCUT2D eigenvalue weighted by molar-refractivity contribution is -0.116. The fraction of sp³-hybridized carbons (Fsp3) is 0.467. The Kier molecular flexibility index (Phi) is 6.45. The molecular formula is C15H19NO3S2. The van der Waals surface area contributed by atoms with E-state index in [0.717, 1.165) is 18.1 Å². The van der Waals surface area contributed by atoms with Crippen LogP contribution < -0.4 is 5.32 Å². The molecule has 4 nitrogen and oxygen atoms in total. The van der Waals surface area contributed by atoms with E-state index in [2.05, 4.69) is 5.32 Å². The van der Waals surface area contributed by atoms with E-state index in [1.807, 2.05) is 21.6 Å². The van der Waals surface area contributed by atoms with Crippen LogP contribution >= 0.6 is 21.6 Å². The van der Waals surface area contributed by atoms with Crippen LogP contribution in [0.1, 0.15) is 42.5 Å². The maximum atomic E-state index is 11.8. The van der Waals surface area contributed by atoms with Crippen molar-refractivity contribution in [3.63, 3.8) is 0 Å². The summed E-state index contributed by atoms with van der Waals surface area (Å²) in [6.45, 7) is 0. The molecule has 1 amide bonds. The third-order valence-electron chi connectivity index (χ3n) is 3.32. The zero-order valence-corrected chi connectivity index (χ0v) is 13.3. The molecule has 1 aliphatic heterocycles. The number of hydrogen-bond donors (Lipinski definition) is 2. The molecule has 0 aromatic heterocycles. The molecule has 1 aliphatic rings. The predicted octanol–water partition coefficient (Wildman–Crippen LogP) is 4.04. The highest BCUT2D eigenvalue weighted by atomic mass is 33.1. The van der Waals surface area contributed by atoms with E-state index in [0.29, 0.717) is 12.1 Å². The third-order valence-corrected chi connectivity index (χ3v) is 6.33. The minimum atomic E-state index is -0.962. The molecule has 0 unspecified atom stereocenters. The molecule has 0 spiro atoms. The first-order valence-corrected chi connectivity index (χ1v) is 9.45. The van der Waals surface area contributed by atoms with Crippen molar-refractivity contribution >= 4 is 39.2 Å². The quantitative estimate of drug-likeness (QED) is 0.585. The number of carbonyl (C=O) groups is 2. The summed E-state index contributed by atoms with van der Waals surface area (Å²) in [4.78, 5) is 22.5. The van der Waals surface area contributed by atoms with Gasteiger partial charge in [0.1, 0.15) is 0 Å². The Morgan fingerprint density at radius 3 is 2.62 bits per heavy atom. The molecule has 1 atom stereocenters. The number of rotatable bonds is 7. The van der Waals surface area contributed by atoms with Crippen LogP contribution in [0.5, 0.6) is 0 Å². The maximum Gasteiger partial charge on any atom is 0.335 e. The second-order valence-corrected chi connectivity index (χ2v) is 7.79. The Hall–Kier alpha value is -1.14. The van der Waals surface area contributed by atoms with E-state index >= 15 is 0 Å². The van der Waals surface area contributed by atoms with Gasteiger partial charge in [0.05, 0.1) is 5.56 Å². The van der Waals surface area contributed by atoms with Crippen LogP contribution in [-0.4, -0.2) is 28.0 Å². The summed E-state index contributed by atoms with van der Waals surface area (Å²) < 4.78 is 0. The fourth-order valence-corrected chi connectivity index (χ4v) is 5.17. The van der Waals surface area contributed by atoms with Crippen molar-refractivity contribution < 1.29 is 14.7 Å². The van der Waals surface area contributed by atoms with E-state index < -0.39 is 5.97 Å². The molecule has 1 aromatic rings. The van der Waals surface area contributed by atoms with Gasteiger partial charge in [-0.15, -0.1) is 0 Å². The molecule has 1 fully saturated rings. The van der Waals surface area contributed by atoms with Crippen LogP contribution in [0.25, 0.3) is 0 Å². The number of benzene rings is 1. The summed E-state index contributed by atoms with van der Waals surface area (Å²) in [6.07, 6.45) is 4.99. The molecule has 0 bridgehead atoms. The van der Waals surface area contributed by atoms with Crippen molar-refractivity contribution in [2.45, 2.75) is 37.4 Å². The van der Waals surface area contributed by atoms with E-state index in [1.54, 1.807) is 12.1 Å². The highest BCUT2D eigenvalue weighted by molar-refractivity contribution is 8.77. The van der Waals surface area contributed by atoms with Crippen molar-refractivity contribution in [3.05, 3.63) is 29.8 Å². The molecule has 0 radical (unpaired) electrons. The van der Waals surface area contributed by atoms with Gasteiger partial charge in [-0.05, 0) is 43.5 Å². The average molecular weight is 325 g/mol. The summed E-state index contributed by atoms with van der Waals surface area (Å²) in [5.74, 6) is 0.282. The summed E-state index contributed by atoms with van der Waals surface area (Å²) in [5.41, 5.74) is 0.868. The highest BCUT2D eigenvalue weighted by Crippen LogP contribution is 2.39. The Morgan fingerprint density at radius 2 is 2.00 bits per heavy atom. The Morgan fingerprint density at radius 1 is 1.24 bits per heavy atom. The second kappa shape index (κ2) is 8.34. The van der Waals surface area contributed by atoms with Gasteiger partial charge < -0.3 is 10.4 Å². The van der Waals surface area contributed by atoms with Gasteiger partial charge in [0, 0.05) is 23.1 Å². The molecule has 0 saturated carbocycles. The van der Waals surface area contributed by atoms with Gasteiger partial charge in [0.2, 0.25) is 5.91 Å². The summed E-state index contributed by atoms with van der Waals surface area (Å²) in [5, 5.41) is 12.4. The molecule has 6 heteroatoms. The zero-order chi connectivity index (χ0) is 15.1. The topological polar surface area (TPSA) is 66.4 Å². The van der Waals surface area contributed by atoms with Gasteiger partial charge in [0.25, 0.3) is 0 Å². The molecule has 21 heavy (non-hydrogen) atoms. The molecule has 2 rings (SSSR count). The van der Waals surface area contributed by atoms with Crippen LogP contribution in [0.2, 0.25) is 0 Å². The number of amides is 1. The van der Waals surface area contributed by atoms with Gasteiger partial charge in [-0.1, -0.05) is 28.0 Å². The Labute approximate surface area is 132 Å². The molecule has 1 aromatic carbocycles. The van der Waals surface area contributed by atoms with Gasteiger partial charge in [-0.3, -0.25) is 4.79 Å². The number of unbranched alkanes of at least 4 members (excludes halogenated alkanes) is 1. The van der Waals surface area contributed by atoms with Crippen molar-refractivity contribution in [2.24, 2.45) is 0 Å². The minimum Gasteiger partial charge on any atom is -0.478 e. The molecule has 2 N–H and O–H groups in total. The number of hydrogen-bond acceptors (Lipinski definition) is 4. The Balaban J connectivity index is 1.65. The first kappa shape index (κ1) is 16.2. The molecular weight excluding hydrogens is 306 g/mol. The third kappa shape index (κ3) is 5.63. The number of carboxylic acid groups (broad SMARTS) is 1. The molecule has 1 heterocycles. The minimum absolute atomic E-state index is 0.00785.